The van der Waals surface area contributed by atoms with Gasteiger partial charge in [0.05, 0.1) is 29.5 Å². The first-order chi connectivity index (χ1) is 15.2. The van der Waals surface area contributed by atoms with E-state index in [1.165, 1.54) is 32.1 Å². The van der Waals surface area contributed by atoms with Crippen molar-refractivity contribution < 1.29 is 4.79 Å². The van der Waals surface area contributed by atoms with Crippen molar-refractivity contribution in [2.75, 3.05) is 11.4 Å². The van der Waals surface area contributed by atoms with Crippen molar-refractivity contribution in [1.82, 2.24) is 19.4 Å². The van der Waals surface area contributed by atoms with E-state index in [-0.39, 0.29) is 11.8 Å². The Morgan fingerprint density at radius 3 is 2.68 bits per heavy atom. The minimum atomic E-state index is -0.836. The molecule has 0 radical (unpaired) electrons. The van der Waals surface area contributed by atoms with Crippen molar-refractivity contribution in [2.24, 2.45) is 11.3 Å². The van der Waals surface area contributed by atoms with E-state index in [2.05, 4.69) is 33.2 Å². The maximum absolute atomic E-state index is 13.3. The normalized spacial score (nSPS) is 24.7. The van der Waals surface area contributed by atoms with Gasteiger partial charge in [-0.15, -0.1) is 0 Å². The van der Waals surface area contributed by atoms with Crippen molar-refractivity contribution >= 4 is 17.1 Å². The molecule has 1 atom stereocenters. The number of hydrogen-bond acceptors (Lipinski definition) is 4. The minimum Gasteiger partial charge on any atom is -0.309 e. The predicted octanol–water partition coefficient (Wildman–Crippen LogP) is 4.36. The zero-order chi connectivity index (χ0) is 21.0. The zero-order valence-electron chi connectivity index (χ0n) is 17.6. The van der Waals surface area contributed by atoms with Crippen LogP contribution in [0.3, 0.4) is 0 Å². The Kier molecular flexibility index (Phi) is 4.17. The largest absolute Gasteiger partial charge is 0.309 e. The third-order valence-electron chi connectivity index (χ3n) is 7.49. The van der Waals surface area contributed by atoms with Gasteiger partial charge in [0.15, 0.2) is 0 Å². The van der Waals surface area contributed by atoms with E-state index in [0.29, 0.717) is 19.0 Å². The second-order valence-electron chi connectivity index (χ2n) is 9.34. The average molecular weight is 415 g/mol. The first-order valence-electron chi connectivity index (χ1n) is 11.4. The molecule has 3 fully saturated rings. The first kappa shape index (κ1) is 18.6. The lowest BCUT2D eigenvalue weighted by atomic mass is 9.83. The molecule has 158 valence electrons. The molecule has 0 N–H and O–H groups in total. The van der Waals surface area contributed by atoms with Crippen LogP contribution in [0.2, 0.25) is 0 Å². The lowest BCUT2D eigenvalue weighted by molar-refractivity contribution is -0.123. The van der Waals surface area contributed by atoms with Gasteiger partial charge in [0.25, 0.3) is 0 Å². The maximum atomic E-state index is 13.3. The Morgan fingerprint density at radius 1 is 1.06 bits per heavy atom. The molecule has 3 aliphatic rings. The summed E-state index contributed by atoms with van der Waals surface area (Å²) < 4.78 is 3.95. The minimum absolute atomic E-state index is 0.0431. The molecule has 0 spiro atoms. The summed E-state index contributed by atoms with van der Waals surface area (Å²) in [5.41, 5.74) is 3.00. The van der Waals surface area contributed by atoms with Gasteiger partial charge in [-0.25, -0.2) is 4.52 Å². The van der Waals surface area contributed by atoms with Crippen LogP contribution in [-0.4, -0.2) is 31.8 Å². The van der Waals surface area contributed by atoms with Crippen LogP contribution in [0, 0.1) is 22.7 Å². The molecule has 7 heteroatoms. The number of nitriles is 1. The van der Waals surface area contributed by atoms with E-state index in [1.54, 1.807) is 11.1 Å². The van der Waals surface area contributed by atoms with Crippen LogP contribution < -0.4 is 4.90 Å². The summed E-state index contributed by atoms with van der Waals surface area (Å²) in [6.45, 7) is 0.586. The van der Waals surface area contributed by atoms with Crippen LogP contribution >= 0.6 is 0 Å². The summed E-state index contributed by atoms with van der Waals surface area (Å²) in [5, 5.41) is 18.9. The van der Waals surface area contributed by atoms with Gasteiger partial charge >= 0.3 is 0 Å². The van der Waals surface area contributed by atoms with Crippen molar-refractivity contribution in [3.63, 3.8) is 0 Å². The lowest BCUT2D eigenvalue weighted by Crippen LogP contribution is -2.35. The molecule has 1 amide bonds. The fraction of sp³-hybridized carbons (Fsp3) is 0.500. The number of nitrogens with zero attached hydrogens (tertiary/aromatic N) is 6. The number of carbonyl (C=O) groups is 1. The van der Waals surface area contributed by atoms with Crippen molar-refractivity contribution in [2.45, 2.75) is 57.4 Å². The number of fused-ring (bicyclic) bond motifs is 1. The molecular formula is C24H26N6O. The molecular weight excluding hydrogens is 388 g/mol. The van der Waals surface area contributed by atoms with Crippen LogP contribution in [0.5, 0.6) is 0 Å². The number of carbonyl (C=O) groups excluding carboxylic acids is 1. The molecule has 2 aliphatic carbocycles. The summed E-state index contributed by atoms with van der Waals surface area (Å²) in [6, 6.07) is 6.85. The summed E-state index contributed by atoms with van der Waals surface area (Å²) >= 11 is 0. The lowest BCUT2D eigenvalue weighted by Gasteiger charge is -2.21. The van der Waals surface area contributed by atoms with Gasteiger partial charge in [-0.2, -0.15) is 15.5 Å². The Morgan fingerprint density at radius 2 is 1.90 bits per heavy atom. The molecule has 3 aromatic heterocycles. The van der Waals surface area contributed by atoms with Gasteiger partial charge in [0.2, 0.25) is 5.91 Å². The van der Waals surface area contributed by atoms with Crippen molar-refractivity contribution in [3.05, 3.63) is 36.9 Å². The average Bonchev–Trinajstić information content (AvgIpc) is 3.24. The van der Waals surface area contributed by atoms with Crippen LogP contribution in [0.15, 0.2) is 36.9 Å². The Labute approximate surface area is 181 Å². The van der Waals surface area contributed by atoms with Gasteiger partial charge in [-0.1, -0.05) is 19.3 Å². The third kappa shape index (κ3) is 2.88. The number of rotatable bonds is 4. The molecule has 4 heterocycles. The quantitative estimate of drug-likeness (QED) is 0.635. The van der Waals surface area contributed by atoms with E-state index >= 15 is 0 Å². The number of aromatic nitrogens is 4. The highest BCUT2D eigenvalue weighted by atomic mass is 16.2. The molecule has 3 aromatic rings. The van der Waals surface area contributed by atoms with Gasteiger partial charge in [-0.3, -0.25) is 9.48 Å². The van der Waals surface area contributed by atoms with E-state index in [0.717, 1.165) is 35.2 Å². The smallest absolute Gasteiger partial charge is 0.247 e. The molecule has 1 aliphatic heterocycles. The SMILES string of the molecule is N#C[C@@]1(C2CC2)CCN(c2ccnn3cc(-c4cnn(C5CCCCC5)c4)cc23)C1=O. The van der Waals surface area contributed by atoms with Gasteiger partial charge in [0, 0.05) is 36.3 Å². The van der Waals surface area contributed by atoms with Gasteiger partial charge < -0.3 is 4.90 Å². The fourth-order valence-electron chi connectivity index (χ4n) is 5.54. The monoisotopic (exact) mass is 414 g/mol. The topological polar surface area (TPSA) is 79.2 Å². The number of hydrogen-bond donors (Lipinski definition) is 0. The molecule has 0 unspecified atom stereocenters. The molecule has 7 nitrogen and oxygen atoms in total. The second kappa shape index (κ2) is 6.94. The summed E-state index contributed by atoms with van der Waals surface area (Å²) in [5.74, 6) is 0.180. The van der Waals surface area contributed by atoms with Crippen molar-refractivity contribution in [1.29, 1.82) is 5.26 Å². The summed E-state index contributed by atoms with van der Waals surface area (Å²) in [7, 11) is 0. The zero-order valence-corrected chi connectivity index (χ0v) is 17.6. The molecule has 2 saturated carbocycles. The highest BCUT2D eigenvalue weighted by Gasteiger charge is 2.57. The highest BCUT2D eigenvalue weighted by molar-refractivity contribution is 6.05. The summed E-state index contributed by atoms with van der Waals surface area (Å²) in [4.78, 5) is 15.1. The van der Waals surface area contributed by atoms with E-state index in [9.17, 15) is 10.1 Å². The summed E-state index contributed by atoms with van der Waals surface area (Å²) in [6.07, 6.45) is 16.7. The van der Waals surface area contributed by atoms with Gasteiger partial charge in [0.1, 0.15) is 5.41 Å². The molecule has 0 aromatic carbocycles. The fourth-order valence-corrected chi connectivity index (χ4v) is 5.54. The van der Waals surface area contributed by atoms with Gasteiger partial charge in [-0.05, 0) is 50.2 Å². The molecule has 6 rings (SSSR count). The predicted molar refractivity (Wildman–Crippen MR) is 116 cm³/mol. The Bertz CT molecular complexity index is 1190. The molecule has 0 bridgehead atoms. The first-order valence-corrected chi connectivity index (χ1v) is 11.4. The Balaban J connectivity index is 1.34. The van der Waals surface area contributed by atoms with E-state index in [1.807, 2.05) is 23.0 Å². The van der Waals surface area contributed by atoms with Crippen molar-refractivity contribution in [3.8, 4) is 17.2 Å². The van der Waals surface area contributed by atoms with E-state index in [4.69, 9.17) is 0 Å². The number of anilines is 1. The standard InChI is InChI=1S/C24H26N6O/c25-16-24(19-6-7-19)9-11-28(23(24)31)21-8-10-26-30-14-17(12-22(21)30)18-13-27-29(15-18)20-4-2-1-3-5-20/h8,10,12-15,19-20H,1-7,9,11H2/t24-/m1/s1. The van der Waals surface area contributed by atoms with Crippen LogP contribution in [-0.2, 0) is 4.79 Å². The van der Waals surface area contributed by atoms with Crippen LogP contribution in [0.25, 0.3) is 16.6 Å². The number of amides is 1. The van der Waals surface area contributed by atoms with Crippen LogP contribution in [0.1, 0.15) is 57.4 Å². The molecule has 1 saturated heterocycles. The van der Waals surface area contributed by atoms with Crippen LogP contribution in [0.4, 0.5) is 5.69 Å². The third-order valence-corrected chi connectivity index (χ3v) is 7.49. The van der Waals surface area contributed by atoms with E-state index < -0.39 is 5.41 Å². The Hall–Kier alpha value is -3.14. The maximum Gasteiger partial charge on any atom is 0.247 e. The second-order valence-corrected chi connectivity index (χ2v) is 9.34. The highest BCUT2D eigenvalue weighted by Crippen LogP contribution is 2.52. The molecule has 31 heavy (non-hydrogen) atoms.